The Kier molecular flexibility index (Phi) is 4.29. The van der Waals surface area contributed by atoms with Crippen LogP contribution in [-0.2, 0) is 0 Å². The average molecular weight is 321 g/mol. The number of nitriles is 1. The van der Waals surface area contributed by atoms with Gasteiger partial charge in [-0.3, -0.25) is 4.79 Å². The molecule has 1 atom stereocenters. The standard InChI is InChI=1S/C17H12FN5O/c18-14-7-3-1-5-12(14)15(11-19)21-17(24)13-6-2-4-8-16(13)23-10-9-20-22-23/h1-10,15H,(H,21,24)/t15-/m0/s1. The Morgan fingerprint density at radius 2 is 1.96 bits per heavy atom. The minimum Gasteiger partial charge on any atom is -0.332 e. The van der Waals surface area contributed by atoms with Crippen LogP contribution in [0.15, 0.2) is 60.9 Å². The maximum Gasteiger partial charge on any atom is 0.254 e. The second kappa shape index (κ2) is 6.71. The van der Waals surface area contributed by atoms with Gasteiger partial charge in [-0.15, -0.1) is 5.10 Å². The molecule has 6 nitrogen and oxygen atoms in total. The van der Waals surface area contributed by atoms with Crippen LogP contribution < -0.4 is 5.32 Å². The summed E-state index contributed by atoms with van der Waals surface area (Å²) in [6.45, 7) is 0. The van der Waals surface area contributed by atoms with Crippen LogP contribution in [0.2, 0.25) is 0 Å². The van der Waals surface area contributed by atoms with E-state index in [0.717, 1.165) is 0 Å². The van der Waals surface area contributed by atoms with Gasteiger partial charge in [0.1, 0.15) is 11.9 Å². The third-order valence-electron chi connectivity index (χ3n) is 3.44. The molecule has 1 amide bonds. The van der Waals surface area contributed by atoms with Crippen LogP contribution in [0.5, 0.6) is 0 Å². The summed E-state index contributed by atoms with van der Waals surface area (Å²) in [7, 11) is 0. The quantitative estimate of drug-likeness (QED) is 0.800. The van der Waals surface area contributed by atoms with Crippen molar-refractivity contribution in [2.75, 3.05) is 0 Å². The topological polar surface area (TPSA) is 83.6 Å². The minimum absolute atomic E-state index is 0.117. The third kappa shape index (κ3) is 2.98. The van der Waals surface area contributed by atoms with E-state index in [1.807, 2.05) is 6.07 Å². The van der Waals surface area contributed by atoms with Crippen LogP contribution in [0.1, 0.15) is 22.0 Å². The second-order valence-electron chi connectivity index (χ2n) is 4.92. The fraction of sp³-hybridized carbons (Fsp3) is 0.0588. The zero-order valence-corrected chi connectivity index (χ0v) is 12.4. The number of halogens is 1. The third-order valence-corrected chi connectivity index (χ3v) is 3.44. The molecule has 24 heavy (non-hydrogen) atoms. The molecule has 1 N–H and O–H groups in total. The largest absolute Gasteiger partial charge is 0.332 e. The van der Waals surface area contributed by atoms with E-state index in [1.54, 1.807) is 36.5 Å². The van der Waals surface area contributed by atoms with Gasteiger partial charge < -0.3 is 5.32 Å². The number of hydrogen-bond acceptors (Lipinski definition) is 4. The molecule has 0 bridgehead atoms. The van der Waals surface area contributed by atoms with Gasteiger partial charge in [-0.1, -0.05) is 35.5 Å². The van der Waals surface area contributed by atoms with E-state index < -0.39 is 17.8 Å². The second-order valence-corrected chi connectivity index (χ2v) is 4.92. The summed E-state index contributed by atoms with van der Waals surface area (Å²) in [5.74, 6) is -1.05. The van der Waals surface area contributed by atoms with Crippen molar-refractivity contribution in [3.05, 3.63) is 77.9 Å². The monoisotopic (exact) mass is 321 g/mol. The number of para-hydroxylation sites is 1. The lowest BCUT2D eigenvalue weighted by atomic mass is 10.1. The highest BCUT2D eigenvalue weighted by molar-refractivity contribution is 5.98. The first-order chi connectivity index (χ1) is 11.7. The summed E-state index contributed by atoms with van der Waals surface area (Å²) in [6.07, 6.45) is 3.09. The Hall–Kier alpha value is -3.53. The van der Waals surface area contributed by atoms with E-state index in [0.29, 0.717) is 11.3 Å². The van der Waals surface area contributed by atoms with Crippen LogP contribution in [0.3, 0.4) is 0 Å². The van der Waals surface area contributed by atoms with Crippen molar-refractivity contribution in [2.24, 2.45) is 0 Å². The number of aromatic nitrogens is 3. The van der Waals surface area contributed by atoms with Gasteiger partial charge in [0, 0.05) is 5.56 Å². The van der Waals surface area contributed by atoms with Gasteiger partial charge in [0.15, 0.2) is 0 Å². The molecule has 0 radical (unpaired) electrons. The molecule has 0 saturated heterocycles. The van der Waals surface area contributed by atoms with Crippen molar-refractivity contribution in [1.29, 1.82) is 5.26 Å². The molecule has 0 unspecified atom stereocenters. The first-order valence-electron chi connectivity index (χ1n) is 7.11. The minimum atomic E-state index is -1.09. The van der Waals surface area contributed by atoms with Crippen molar-refractivity contribution in [2.45, 2.75) is 6.04 Å². The predicted octanol–water partition coefficient (Wildman–Crippen LogP) is 2.40. The molecular weight excluding hydrogens is 309 g/mol. The van der Waals surface area contributed by atoms with Crippen molar-refractivity contribution in [3.63, 3.8) is 0 Å². The van der Waals surface area contributed by atoms with Crippen LogP contribution in [0, 0.1) is 17.1 Å². The lowest BCUT2D eigenvalue weighted by molar-refractivity contribution is 0.0944. The van der Waals surface area contributed by atoms with Crippen LogP contribution in [0.25, 0.3) is 5.69 Å². The molecule has 1 aromatic heterocycles. The van der Waals surface area contributed by atoms with Crippen molar-refractivity contribution < 1.29 is 9.18 Å². The molecule has 3 rings (SSSR count). The number of carbonyl (C=O) groups is 1. The fourth-order valence-electron chi connectivity index (χ4n) is 2.30. The zero-order valence-electron chi connectivity index (χ0n) is 12.4. The predicted molar refractivity (Wildman–Crippen MR) is 83.6 cm³/mol. The van der Waals surface area contributed by atoms with Gasteiger partial charge in [-0.05, 0) is 18.2 Å². The number of nitrogens with zero attached hydrogens (tertiary/aromatic N) is 4. The van der Waals surface area contributed by atoms with Gasteiger partial charge in [-0.25, -0.2) is 9.07 Å². The first kappa shape index (κ1) is 15.4. The van der Waals surface area contributed by atoms with E-state index in [4.69, 9.17) is 0 Å². The smallest absolute Gasteiger partial charge is 0.254 e. The zero-order chi connectivity index (χ0) is 16.9. The normalized spacial score (nSPS) is 11.5. The summed E-state index contributed by atoms with van der Waals surface area (Å²) in [5, 5.41) is 19.4. The number of nitrogens with one attached hydrogen (secondary N) is 1. The molecule has 0 fully saturated rings. The van der Waals surface area contributed by atoms with Crippen molar-refractivity contribution in [1.82, 2.24) is 20.3 Å². The summed E-state index contributed by atoms with van der Waals surface area (Å²) < 4.78 is 15.3. The Morgan fingerprint density at radius 1 is 1.21 bits per heavy atom. The molecule has 0 spiro atoms. The van der Waals surface area contributed by atoms with Gasteiger partial charge in [0.25, 0.3) is 5.91 Å². The Bertz CT molecular complexity index is 901. The maximum atomic E-state index is 13.9. The van der Waals surface area contributed by atoms with Gasteiger partial charge in [0.2, 0.25) is 0 Å². The first-order valence-corrected chi connectivity index (χ1v) is 7.11. The molecule has 1 heterocycles. The highest BCUT2D eigenvalue weighted by Crippen LogP contribution is 2.18. The molecule has 0 aliphatic rings. The van der Waals surface area contributed by atoms with E-state index in [1.165, 1.54) is 29.1 Å². The van der Waals surface area contributed by atoms with Crippen LogP contribution >= 0.6 is 0 Å². The summed E-state index contributed by atoms with van der Waals surface area (Å²) in [4.78, 5) is 12.6. The van der Waals surface area contributed by atoms with Gasteiger partial charge >= 0.3 is 0 Å². The van der Waals surface area contributed by atoms with Crippen LogP contribution in [-0.4, -0.2) is 20.9 Å². The number of rotatable bonds is 4. The van der Waals surface area contributed by atoms with Gasteiger partial charge in [-0.2, -0.15) is 5.26 Å². The number of benzene rings is 2. The molecule has 0 aliphatic heterocycles. The molecule has 7 heteroatoms. The summed E-state index contributed by atoms with van der Waals surface area (Å²) >= 11 is 0. The fourth-order valence-corrected chi connectivity index (χ4v) is 2.30. The molecule has 2 aromatic carbocycles. The molecule has 0 aliphatic carbocycles. The maximum absolute atomic E-state index is 13.9. The highest BCUT2D eigenvalue weighted by atomic mass is 19.1. The van der Waals surface area contributed by atoms with Crippen molar-refractivity contribution in [3.8, 4) is 11.8 Å². The van der Waals surface area contributed by atoms with E-state index in [2.05, 4.69) is 15.6 Å². The average Bonchev–Trinajstić information content (AvgIpc) is 3.15. The van der Waals surface area contributed by atoms with E-state index in [9.17, 15) is 14.4 Å². The van der Waals surface area contributed by atoms with Gasteiger partial charge in [0.05, 0.1) is 29.7 Å². The SMILES string of the molecule is N#C[C@H](NC(=O)c1ccccc1-n1ccnn1)c1ccccc1F. The summed E-state index contributed by atoms with van der Waals surface area (Å²) in [5.41, 5.74) is 0.934. The molecule has 0 saturated carbocycles. The highest BCUT2D eigenvalue weighted by Gasteiger charge is 2.20. The van der Waals surface area contributed by atoms with Crippen molar-refractivity contribution >= 4 is 5.91 Å². The Balaban J connectivity index is 1.91. The Labute approximate surface area is 137 Å². The Morgan fingerprint density at radius 3 is 2.67 bits per heavy atom. The lowest BCUT2D eigenvalue weighted by Crippen LogP contribution is -2.29. The van der Waals surface area contributed by atoms with Crippen LogP contribution in [0.4, 0.5) is 4.39 Å². The molecular formula is C17H12FN5O. The lowest BCUT2D eigenvalue weighted by Gasteiger charge is -2.14. The van der Waals surface area contributed by atoms with E-state index >= 15 is 0 Å². The number of amides is 1. The summed E-state index contributed by atoms with van der Waals surface area (Å²) in [6, 6.07) is 13.4. The number of hydrogen-bond donors (Lipinski definition) is 1. The molecule has 3 aromatic rings. The van der Waals surface area contributed by atoms with E-state index in [-0.39, 0.29) is 5.56 Å². The number of carbonyl (C=O) groups excluding carboxylic acids is 1. The molecule has 118 valence electrons.